The minimum Gasteiger partial charge on any atom is -0.466 e. The molecule has 0 N–H and O–H groups in total. The Kier molecular flexibility index (Phi) is 19.4. The first-order chi connectivity index (χ1) is 16.2. The van der Waals surface area contributed by atoms with Crippen molar-refractivity contribution in [2.24, 2.45) is 0 Å². The van der Waals surface area contributed by atoms with Gasteiger partial charge in [-0.05, 0) is 31.2 Å². The van der Waals surface area contributed by atoms with Crippen LogP contribution in [0.5, 0.6) is 0 Å². The molecule has 0 bridgehead atoms. The molecule has 0 atom stereocenters. The highest BCUT2D eigenvalue weighted by Crippen LogP contribution is 2.12. The third-order valence-corrected chi connectivity index (χ3v) is 5.99. The maximum atomic E-state index is 11.8. The first-order valence-corrected chi connectivity index (χ1v) is 13.6. The first kappa shape index (κ1) is 29.2. The van der Waals surface area contributed by atoms with E-state index in [0.29, 0.717) is 19.6 Å². The zero-order chi connectivity index (χ0) is 23.8. The van der Waals surface area contributed by atoms with Gasteiger partial charge in [-0.15, -0.1) is 0 Å². The largest absolute Gasteiger partial charge is 0.466 e. The summed E-state index contributed by atoms with van der Waals surface area (Å²) in [6.45, 7) is 3.19. The van der Waals surface area contributed by atoms with E-state index in [-0.39, 0.29) is 24.8 Å². The second-order valence-electron chi connectivity index (χ2n) is 9.13. The molecule has 0 saturated heterocycles. The van der Waals surface area contributed by atoms with Gasteiger partial charge in [0.25, 0.3) is 0 Å². The van der Waals surface area contributed by atoms with Crippen LogP contribution in [0.15, 0.2) is 30.3 Å². The number of ether oxygens (including phenoxy) is 2. The van der Waals surface area contributed by atoms with Gasteiger partial charge >= 0.3 is 11.9 Å². The van der Waals surface area contributed by atoms with Crippen LogP contribution in [0.4, 0.5) is 0 Å². The summed E-state index contributed by atoms with van der Waals surface area (Å²) in [7, 11) is 0. The summed E-state index contributed by atoms with van der Waals surface area (Å²) < 4.78 is 10.5. The molecule has 0 saturated carbocycles. The van der Waals surface area contributed by atoms with Gasteiger partial charge in [0.05, 0.1) is 13.2 Å². The molecule has 0 aliphatic carbocycles. The van der Waals surface area contributed by atoms with Crippen LogP contribution in [0.1, 0.15) is 122 Å². The van der Waals surface area contributed by atoms with Crippen LogP contribution in [0.2, 0.25) is 0 Å². The lowest BCUT2D eigenvalue weighted by molar-refractivity contribution is -0.145. The Hall–Kier alpha value is -1.84. The number of aryl methyl sites for hydroxylation is 1. The standard InChI is InChI=1S/C29H48O4/c1-2-3-4-5-6-7-8-9-10-11-12-13-17-25-32-28(30)23-18-24-29(31)33-26-19-22-27-20-15-14-16-21-27/h14-16,20-21H,2-13,17-19,22-26H2,1H3. The molecule has 188 valence electrons. The lowest BCUT2D eigenvalue weighted by Gasteiger charge is -2.06. The summed E-state index contributed by atoms with van der Waals surface area (Å²) in [5.74, 6) is -0.432. The van der Waals surface area contributed by atoms with Gasteiger partial charge in [0, 0.05) is 12.8 Å². The minimum atomic E-state index is -0.229. The van der Waals surface area contributed by atoms with E-state index < -0.39 is 0 Å². The maximum absolute atomic E-state index is 11.8. The fraction of sp³-hybridized carbons (Fsp3) is 0.724. The van der Waals surface area contributed by atoms with E-state index in [1.54, 1.807) is 0 Å². The van der Waals surface area contributed by atoms with Crippen LogP contribution in [0.3, 0.4) is 0 Å². The number of carbonyl (C=O) groups excluding carboxylic acids is 2. The molecule has 0 unspecified atom stereocenters. The van der Waals surface area contributed by atoms with E-state index in [1.807, 2.05) is 18.2 Å². The Morgan fingerprint density at radius 2 is 1.03 bits per heavy atom. The average Bonchev–Trinajstić information content (AvgIpc) is 2.82. The highest BCUT2D eigenvalue weighted by atomic mass is 16.5. The fourth-order valence-electron chi connectivity index (χ4n) is 3.93. The lowest BCUT2D eigenvalue weighted by atomic mass is 10.0. The number of benzene rings is 1. The zero-order valence-electron chi connectivity index (χ0n) is 21.2. The Labute approximate surface area is 202 Å². The van der Waals surface area contributed by atoms with Crippen LogP contribution in [-0.2, 0) is 25.5 Å². The lowest BCUT2D eigenvalue weighted by Crippen LogP contribution is -2.09. The second-order valence-corrected chi connectivity index (χ2v) is 9.13. The normalized spacial score (nSPS) is 10.8. The first-order valence-electron chi connectivity index (χ1n) is 13.6. The molecule has 0 radical (unpaired) electrons. The summed E-state index contributed by atoms with van der Waals surface area (Å²) in [6, 6.07) is 10.2. The van der Waals surface area contributed by atoms with E-state index >= 15 is 0 Å². The van der Waals surface area contributed by atoms with Gasteiger partial charge in [-0.25, -0.2) is 0 Å². The van der Waals surface area contributed by atoms with Crippen LogP contribution in [0, 0.1) is 0 Å². The van der Waals surface area contributed by atoms with Gasteiger partial charge in [0.15, 0.2) is 0 Å². The number of hydrogen-bond acceptors (Lipinski definition) is 4. The minimum absolute atomic E-state index is 0.203. The van der Waals surface area contributed by atoms with Gasteiger partial charge in [-0.1, -0.05) is 114 Å². The predicted molar refractivity (Wildman–Crippen MR) is 136 cm³/mol. The highest BCUT2D eigenvalue weighted by Gasteiger charge is 2.07. The number of esters is 2. The Morgan fingerprint density at radius 1 is 0.576 bits per heavy atom. The van der Waals surface area contributed by atoms with Gasteiger partial charge < -0.3 is 9.47 Å². The van der Waals surface area contributed by atoms with E-state index in [2.05, 4.69) is 19.1 Å². The monoisotopic (exact) mass is 460 g/mol. The quantitative estimate of drug-likeness (QED) is 0.130. The smallest absolute Gasteiger partial charge is 0.305 e. The fourth-order valence-corrected chi connectivity index (χ4v) is 3.93. The average molecular weight is 461 g/mol. The second kappa shape index (κ2) is 22.0. The SMILES string of the molecule is CCCCCCCCCCCCCCCOC(=O)CCCC(=O)OCCCc1ccccc1. The summed E-state index contributed by atoms with van der Waals surface area (Å²) in [5.41, 5.74) is 1.25. The molecule has 1 aromatic carbocycles. The van der Waals surface area contributed by atoms with Gasteiger partial charge in [0.1, 0.15) is 0 Å². The number of hydrogen-bond donors (Lipinski definition) is 0. The zero-order valence-corrected chi connectivity index (χ0v) is 21.2. The van der Waals surface area contributed by atoms with Crippen molar-refractivity contribution in [1.29, 1.82) is 0 Å². The van der Waals surface area contributed by atoms with Crippen molar-refractivity contribution in [3.05, 3.63) is 35.9 Å². The van der Waals surface area contributed by atoms with Crippen molar-refractivity contribution >= 4 is 11.9 Å². The van der Waals surface area contributed by atoms with E-state index in [9.17, 15) is 9.59 Å². The molecule has 1 rings (SSSR count). The maximum Gasteiger partial charge on any atom is 0.305 e. The summed E-state index contributed by atoms with van der Waals surface area (Å²) >= 11 is 0. The molecule has 4 heteroatoms. The Morgan fingerprint density at radius 3 is 1.55 bits per heavy atom. The Bertz CT molecular complexity index is 585. The molecule has 0 spiro atoms. The van der Waals surface area contributed by atoms with Crippen molar-refractivity contribution in [3.63, 3.8) is 0 Å². The molecule has 33 heavy (non-hydrogen) atoms. The molecule has 0 heterocycles. The molecule has 0 fully saturated rings. The molecule has 0 aliphatic heterocycles. The van der Waals surface area contributed by atoms with E-state index in [4.69, 9.17) is 9.47 Å². The number of unbranched alkanes of at least 4 members (excludes halogenated alkanes) is 12. The van der Waals surface area contributed by atoms with Crippen molar-refractivity contribution in [3.8, 4) is 0 Å². The molecule has 4 nitrogen and oxygen atoms in total. The third-order valence-electron chi connectivity index (χ3n) is 5.99. The van der Waals surface area contributed by atoms with Crippen LogP contribution in [-0.4, -0.2) is 25.2 Å². The summed E-state index contributed by atoms with van der Waals surface area (Å²) in [6.07, 6.45) is 19.8. The van der Waals surface area contributed by atoms with Crippen molar-refractivity contribution in [2.75, 3.05) is 13.2 Å². The molecular formula is C29H48O4. The predicted octanol–water partition coefficient (Wildman–Crippen LogP) is 7.97. The molecule has 0 aromatic heterocycles. The van der Waals surface area contributed by atoms with Gasteiger partial charge in [0.2, 0.25) is 0 Å². The number of rotatable bonds is 22. The highest BCUT2D eigenvalue weighted by molar-refractivity contribution is 5.72. The molecule has 0 aliphatic rings. The molecule has 1 aromatic rings. The summed E-state index contributed by atoms with van der Waals surface area (Å²) in [5, 5.41) is 0. The Balaban J connectivity index is 1.80. The van der Waals surface area contributed by atoms with Crippen LogP contribution >= 0.6 is 0 Å². The van der Waals surface area contributed by atoms with Crippen LogP contribution < -0.4 is 0 Å². The third kappa shape index (κ3) is 19.3. The summed E-state index contributed by atoms with van der Waals surface area (Å²) in [4.78, 5) is 23.5. The molecule has 0 amide bonds. The molecular weight excluding hydrogens is 412 g/mol. The van der Waals surface area contributed by atoms with Crippen molar-refractivity contribution in [2.45, 2.75) is 122 Å². The number of carbonyl (C=O) groups is 2. The van der Waals surface area contributed by atoms with E-state index in [0.717, 1.165) is 25.7 Å². The van der Waals surface area contributed by atoms with Crippen molar-refractivity contribution in [1.82, 2.24) is 0 Å². The van der Waals surface area contributed by atoms with Gasteiger partial charge in [-0.2, -0.15) is 0 Å². The van der Waals surface area contributed by atoms with Crippen molar-refractivity contribution < 1.29 is 19.1 Å². The van der Waals surface area contributed by atoms with Crippen LogP contribution in [0.25, 0.3) is 0 Å². The topological polar surface area (TPSA) is 52.6 Å². The van der Waals surface area contributed by atoms with Gasteiger partial charge in [-0.3, -0.25) is 9.59 Å². The van der Waals surface area contributed by atoms with E-state index in [1.165, 1.54) is 76.2 Å².